The molecule has 144 valence electrons. The molecule has 6 heteroatoms. The minimum atomic E-state index is -1.42. The van der Waals surface area contributed by atoms with Crippen molar-refractivity contribution in [2.24, 2.45) is 0 Å². The molecule has 0 saturated heterocycles. The van der Waals surface area contributed by atoms with Crippen molar-refractivity contribution in [1.29, 1.82) is 0 Å². The maximum Gasteiger partial charge on any atom is 0.224 e. The fourth-order valence-corrected chi connectivity index (χ4v) is 2.98. The largest absolute Gasteiger partial charge is 0.488 e. The van der Waals surface area contributed by atoms with Gasteiger partial charge in [-0.1, -0.05) is 24.3 Å². The molecule has 0 bridgehead atoms. The zero-order valence-corrected chi connectivity index (χ0v) is 17.7. The van der Waals surface area contributed by atoms with E-state index in [4.69, 9.17) is 4.74 Å². The first-order valence-electron chi connectivity index (χ1n) is 9.15. The highest BCUT2D eigenvalue weighted by Crippen LogP contribution is 2.39. The normalized spacial score (nSPS) is 17.0. The maximum absolute atomic E-state index is 13.5. The van der Waals surface area contributed by atoms with Gasteiger partial charge in [-0.25, -0.2) is 4.39 Å². The minimum absolute atomic E-state index is 0.0399. The molecule has 0 radical (unpaired) electrons. The number of carbonyl (C=O) groups is 1. The Balaban J connectivity index is 1.49. The van der Waals surface area contributed by atoms with Crippen LogP contribution in [0.4, 0.5) is 4.39 Å². The highest BCUT2D eigenvalue weighted by atomic mass is 127. The Kier molecular flexibility index (Phi) is 6.34. The van der Waals surface area contributed by atoms with Gasteiger partial charge in [0.05, 0.1) is 24.4 Å². The molecule has 2 aromatic rings. The quantitative estimate of drug-likeness (QED) is 0.431. The molecule has 1 aromatic carbocycles. The van der Waals surface area contributed by atoms with Crippen LogP contribution in [0.3, 0.4) is 0 Å². The second kappa shape index (κ2) is 8.54. The van der Waals surface area contributed by atoms with Gasteiger partial charge in [0.15, 0.2) is 3.68 Å². The molecule has 0 aliphatic heterocycles. The van der Waals surface area contributed by atoms with Crippen LogP contribution in [0.2, 0.25) is 0 Å². The molecular weight excluding hydrogens is 458 g/mol. The average Bonchev–Trinajstić information content (AvgIpc) is 3.45. The molecule has 1 N–H and O–H groups in total. The Morgan fingerprint density at radius 2 is 2.04 bits per heavy atom. The van der Waals surface area contributed by atoms with Crippen molar-refractivity contribution in [3.8, 4) is 5.75 Å². The molecule has 1 heterocycles. The monoisotopic (exact) mass is 482 g/mol. The van der Waals surface area contributed by atoms with Crippen molar-refractivity contribution in [1.82, 2.24) is 10.3 Å². The third-order valence-corrected chi connectivity index (χ3v) is 4.78. The van der Waals surface area contributed by atoms with Crippen LogP contribution in [0.1, 0.15) is 55.5 Å². The van der Waals surface area contributed by atoms with Crippen molar-refractivity contribution < 1.29 is 13.9 Å². The van der Waals surface area contributed by atoms with E-state index in [0.29, 0.717) is 12.2 Å². The predicted molar refractivity (Wildman–Crippen MR) is 112 cm³/mol. The molecule has 1 aliphatic rings. The summed E-state index contributed by atoms with van der Waals surface area (Å²) in [5.41, 5.74) is 3.11. The minimum Gasteiger partial charge on any atom is -0.488 e. The Morgan fingerprint density at radius 1 is 1.33 bits per heavy atom. The molecule has 2 atom stereocenters. The molecule has 27 heavy (non-hydrogen) atoms. The number of ether oxygens (including phenoxy) is 1. The smallest absolute Gasteiger partial charge is 0.224 e. The highest BCUT2D eigenvalue weighted by Gasteiger charge is 2.23. The lowest BCUT2D eigenvalue weighted by Crippen LogP contribution is -2.28. The van der Waals surface area contributed by atoms with Crippen LogP contribution in [0.25, 0.3) is 0 Å². The summed E-state index contributed by atoms with van der Waals surface area (Å²) in [6.07, 6.45) is 4.46. The number of alkyl halides is 2. The second-order valence-electron chi connectivity index (χ2n) is 7.26. The zero-order chi connectivity index (χ0) is 19.4. The molecule has 1 amide bonds. The molecule has 1 saturated carbocycles. The van der Waals surface area contributed by atoms with Crippen LogP contribution in [-0.4, -0.2) is 21.2 Å². The molecule has 1 aromatic heterocycles. The molecule has 4 nitrogen and oxygen atoms in total. The number of aromatic nitrogens is 1. The van der Waals surface area contributed by atoms with E-state index in [2.05, 4.69) is 22.4 Å². The van der Waals surface area contributed by atoms with E-state index in [0.717, 1.165) is 17.2 Å². The van der Waals surface area contributed by atoms with Gasteiger partial charge >= 0.3 is 0 Å². The Morgan fingerprint density at radius 3 is 2.59 bits per heavy atom. The third-order valence-electron chi connectivity index (χ3n) is 4.47. The van der Waals surface area contributed by atoms with Gasteiger partial charge in [-0.05, 0) is 78.5 Å². The standard InChI is InChI=1S/C21H24FIN2O2/c1-14(19-10-9-18(12-24-19)27-13-21(2,22)23)25-20(26)11-15-3-5-16(6-4-15)17-7-8-17/h3-6,9-10,12,14,17H,7-8,11,13H2,1-2H3,(H,25,26)/t14-,21?/m1/s1. The number of rotatable bonds is 8. The molecule has 1 fully saturated rings. The molecule has 0 spiro atoms. The predicted octanol–water partition coefficient (Wildman–Crippen LogP) is 4.88. The number of nitrogens with one attached hydrogen (secondary N) is 1. The third kappa shape index (κ3) is 6.45. The zero-order valence-electron chi connectivity index (χ0n) is 15.5. The summed E-state index contributed by atoms with van der Waals surface area (Å²) >= 11 is 1.69. The summed E-state index contributed by atoms with van der Waals surface area (Å²) < 4.78 is 17.4. The lowest BCUT2D eigenvalue weighted by atomic mass is 10.1. The van der Waals surface area contributed by atoms with E-state index in [1.807, 2.05) is 19.1 Å². The number of hydrogen-bond donors (Lipinski definition) is 1. The first-order chi connectivity index (χ1) is 12.8. The fraction of sp³-hybridized carbons (Fsp3) is 0.429. The molecule has 1 aliphatic carbocycles. The number of benzene rings is 1. The lowest BCUT2D eigenvalue weighted by Gasteiger charge is -2.16. The Labute approximate surface area is 173 Å². The van der Waals surface area contributed by atoms with Crippen LogP contribution in [0, 0.1) is 0 Å². The number of pyridine rings is 1. The Hall–Kier alpha value is -1.70. The van der Waals surface area contributed by atoms with Gasteiger partial charge in [-0.2, -0.15) is 0 Å². The topological polar surface area (TPSA) is 51.2 Å². The van der Waals surface area contributed by atoms with E-state index in [1.54, 1.807) is 40.9 Å². The summed E-state index contributed by atoms with van der Waals surface area (Å²) in [5.74, 6) is 1.19. The summed E-state index contributed by atoms with van der Waals surface area (Å²) in [5, 5.41) is 2.97. The van der Waals surface area contributed by atoms with Gasteiger partial charge in [0.2, 0.25) is 5.91 Å². The molecular formula is C21H24FIN2O2. The number of amides is 1. The van der Waals surface area contributed by atoms with Gasteiger partial charge in [-0.15, -0.1) is 0 Å². The van der Waals surface area contributed by atoms with Crippen molar-refractivity contribution in [2.75, 3.05) is 6.61 Å². The van der Waals surface area contributed by atoms with Crippen LogP contribution < -0.4 is 10.1 Å². The number of hydrogen-bond acceptors (Lipinski definition) is 3. The van der Waals surface area contributed by atoms with Gasteiger partial charge in [-0.3, -0.25) is 9.78 Å². The summed E-state index contributed by atoms with van der Waals surface area (Å²) in [6, 6.07) is 11.6. The van der Waals surface area contributed by atoms with Crippen molar-refractivity contribution in [2.45, 2.75) is 48.7 Å². The van der Waals surface area contributed by atoms with Crippen LogP contribution >= 0.6 is 22.6 Å². The van der Waals surface area contributed by atoms with Gasteiger partial charge in [0, 0.05) is 0 Å². The van der Waals surface area contributed by atoms with E-state index >= 15 is 0 Å². The maximum atomic E-state index is 13.5. The Bertz CT molecular complexity index is 768. The first kappa shape index (κ1) is 20.0. The number of halogens is 2. The summed E-state index contributed by atoms with van der Waals surface area (Å²) in [6.45, 7) is 3.30. The summed E-state index contributed by atoms with van der Waals surface area (Å²) in [7, 11) is 0. The van der Waals surface area contributed by atoms with E-state index in [-0.39, 0.29) is 18.6 Å². The highest BCUT2D eigenvalue weighted by molar-refractivity contribution is 14.1. The van der Waals surface area contributed by atoms with Gasteiger partial charge in [0.25, 0.3) is 0 Å². The van der Waals surface area contributed by atoms with E-state index < -0.39 is 3.68 Å². The van der Waals surface area contributed by atoms with Crippen LogP contribution in [0.5, 0.6) is 5.75 Å². The van der Waals surface area contributed by atoms with E-state index in [1.165, 1.54) is 25.3 Å². The van der Waals surface area contributed by atoms with E-state index in [9.17, 15) is 9.18 Å². The van der Waals surface area contributed by atoms with Crippen molar-refractivity contribution in [3.63, 3.8) is 0 Å². The van der Waals surface area contributed by atoms with Crippen molar-refractivity contribution in [3.05, 3.63) is 59.4 Å². The SMILES string of the molecule is C[C@@H](NC(=O)Cc1ccc(C2CC2)cc1)c1ccc(OCC(C)(F)I)cn1. The average molecular weight is 482 g/mol. The first-order valence-corrected chi connectivity index (χ1v) is 10.2. The molecule has 3 rings (SSSR count). The van der Waals surface area contributed by atoms with Crippen molar-refractivity contribution >= 4 is 28.5 Å². The second-order valence-corrected chi connectivity index (χ2v) is 9.51. The van der Waals surface area contributed by atoms with Gasteiger partial charge < -0.3 is 10.1 Å². The lowest BCUT2D eigenvalue weighted by molar-refractivity contribution is -0.121. The fourth-order valence-electron chi connectivity index (χ4n) is 2.82. The van der Waals surface area contributed by atoms with Crippen LogP contribution in [0.15, 0.2) is 42.6 Å². The molecule has 1 unspecified atom stereocenters. The van der Waals surface area contributed by atoms with Gasteiger partial charge in [0.1, 0.15) is 12.4 Å². The van der Waals surface area contributed by atoms with Crippen LogP contribution in [-0.2, 0) is 11.2 Å². The number of nitrogens with zero attached hydrogens (tertiary/aromatic N) is 1. The number of carbonyl (C=O) groups excluding carboxylic acids is 1. The summed E-state index contributed by atoms with van der Waals surface area (Å²) in [4.78, 5) is 16.6.